The molecule has 0 amide bonds. The van der Waals surface area contributed by atoms with Gasteiger partial charge in [0.1, 0.15) is 10.3 Å². The SMILES string of the molecule is NNc1nc2sc3c(c(=O)c2[nH]1)CCC3. The van der Waals surface area contributed by atoms with E-state index in [9.17, 15) is 4.79 Å². The topological polar surface area (TPSA) is 83.8 Å². The monoisotopic (exact) mass is 222 g/mol. The highest BCUT2D eigenvalue weighted by atomic mass is 32.1. The van der Waals surface area contributed by atoms with E-state index in [4.69, 9.17) is 5.84 Å². The summed E-state index contributed by atoms with van der Waals surface area (Å²) < 4.78 is 0. The Morgan fingerprint density at radius 3 is 3.13 bits per heavy atom. The van der Waals surface area contributed by atoms with Crippen LogP contribution in [0.25, 0.3) is 10.3 Å². The van der Waals surface area contributed by atoms with E-state index in [2.05, 4.69) is 15.4 Å². The highest BCUT2D eigenvalue weighted by Crippen LogP contribution is 2.27. The van der Waals surface area contributed by atoms with Gasteiger partial charge in [-0.2, -0.15) is 0 Å². The fraction of sp³-hybridized carbons (Fsp3) is 0.333. The Bertz CT molecular complexity index is 586. The number of nitrogens with two attached hydrogens (primary N) is 1. The van der Waals surface area contributed by atoms with Crippen molar-refractivity contribution in [3.05, 3.63) is 20.7 Å². The maximum Gasteiger partial charge on any atom is 0.216 e. The van der Waals surface area contributed by atoms with Crippen molar-refractivity contribution in [2.75, 3.05) is 5.43 Å². The van der Waals surface area contributed by atoms with Gasteiger partial charge in [0.15, 0.2) is 0 Å². The van der Waals surface area contributed by atoms with Gasteiger partial charge in [0.2, 0.25) is 11.4 Å². The molecule has 2 aromatic rings. The van der Waals surface area contributed by atoms with Crippen molar-refractivity contribution in [3.8, 4) is 0 Å². The Labute approximate surface area is 89.3 Å². The van der Waals surface area contributed by atoms with Crippen LogP contribution < -0.4 is 16.7 Å². The Morgan fingerprint density at radius 1 is 1.47 bits per heavy atom. The molecular weight excluding hydrogens is 212 g/mol. The van der Waals surface area contributed by atoms with Crippen molar-refractivity contribution in [1.29, 1.82) is 0 Å². The van der Waals surface area contributed by atoms with E-state index in [1.54, 1.807) is 11.3 Å². The number of aromatic amines is 1. The lowest BCUT2D eigenvalue weighted by Crippen LogP contribution is -2.09. The minimum atomic E-state index is 0.0882. The standard InChI is InChI=1S/C9H10N4OS/c10-13-9-11-6-7(14)4-2-1-3-5(4)15-8(6)12-9/h1-3,10H2,(H2,11,12,13). The number of fused-ring (bicyclic) bond motifs is 2. The molecule has 6 heteroatoms. The first-order chi connectivity index (χ1) is 7.29. The summed E-state index contributed by atoms with van der Waals surface area (Å²) >= 11 is 1.59. The molecule has 0 saturated heterocycles. The largest absolute Gasteiger partial charge is 0.319 e. The molecule has 3 rings (SSSR count). The molecule has 0 unspecified atom stereocenters. The fourth-order valence-corrected chi connectivity index (χ4v) is 3.17. The first-order valence-electron chi connectivity index (χ1n) is 4.81. The molecule has 78 valence electrons. The zero-order chi connectivity index (χ0) is 10.4. The van der Waals surface area contributed by atoms with Crippen LogP contribution in [0.15, 0.2) is 4.79 Å². The van der Waals surface area contributed by atoms with Crippen LogP contribution in [0.4, 0.5) is 5.95 Å². The third-order valence-electron chi connectivity index (χ3n) is 2.70. The number of anilines is 1. The Hall–Kier alpha value is -1.40. The van der Waals surface area contributed by atoms with Crippen LogP contribution in [-0.4, -0.2) is 9.97 Å². The molecule has 0 spiro atoms. The first-order valence-corrected chi connectivity index (χ1v) is 5.62. The molecule has 0 saturated carbocycles. The van der Waals surface area contributed by atoms with Crippen molar-refractivity contribution in [3.63, 3.8) is 0 Å². The van der Waals surface area contributed by atoms with Crippen molar-refractivity contribution in [2.45, 2.75) is 19.3 Å². The van der Waals surface area contributed by atoms with E-state index in [1.165, 1.54) is 4.88 Å². The maximum atomic E-state index is 12.0. The van der Waals surface area contributed by atoms with E-state index in [0.717, 1.165) is 29.7 Å². The van der Waals surface area contributed by atoms with Crippen LogP contribution in [-0.2, 0) is 12.8 Å². The second-order valence-corrected chi connectivity index (χ2v) is 4.68. The minimum absolute atomic E-state index is 0.0882. The number of nitrogens with zero attached hydrogens (tertiary/aromatic N) is 1. The van der Waals surface area contributed by atoms with Gasteiger partial charge in [-0.15, -0.1) is 11.3 Å². The molecule has 0 atom stereocenters. The number of nitrogen functional groups attached to an aromatic ring is 1. The summed E-state index contributed by atoms with van der Waals surface area (Å²) in [5.74, 6) is 5.69. The maximum absolute atomic E-state index is 12.0. The molecule has 0 aliphatic heterocycles. The van der Waals surface area contributed by atoms with Crippen LogP contribution >= 0.6 is 11.3 Å². The Balaban J connectivity index is 2.38. The molecule has 2 heterocycles. The van der Waals surface area contributed by atoms with Gasteiger partial charge in [-0.3, -0.25) is 10.2 Å². The Kier molecular flexibility index (Phi) is 1.80. The first kappa shape index (κ1) is 8.87. The number of H-pyrrole nitrogens is 1. The van der Waals surface area contributed by atoms with Crippen molar-refractivity contribution >= 4 is 27.6 Å². The highest BCUT2D eigenvalue weighted by molar-refractivity contribution is 7.18. The van der Waals surface area contributed by atoms with E-state index in [1.807, 2.05) is 0 Å². The lowest BCUT2D eigenvalue weighted by molar-refractivity contribution is 0.913. The van der Waals surface area contributed by atoms with E-state index in [0.29, 0.717) is 11.5 Å². The zero-order valence-electron chi connectivity index (χ0n) is 7.96. The molecule has 4 N–H and O–H groups in total. The molecule has 0 fully saturated rings. The van der Waals surface area contributed by atoms with Crippen LogP contribution in [0.3, 0.4) is 0 Å². The molecule has 5 nitrogen and oxygen atoms in total. The van der Waals surface area contributed by atoms with Gasteiger partial charge in [-0.1, -0.05) is 0 Å². The summed E-state index contributed by atoms with van der Waals surface area (Å²) in [7, 11) is 0. The average molecular weight is 222 g/mol. The molecule has 1 aliphatic carbocycles. The number of nitrogens with one attached hydrogen (secondary N) is 2. The second-order valence-electron chi connectivity index (χ2n) is 3.60. The summed E-state index contributed by atoms with van der Waals surface area (Å²) in [6, 6.07) is 0. The molecule has 2 aromatic heterocycles. The third kappa shape index (κ3) is 1.18. The lowest BCUT2D eigenvalue weighted by Gasteiger charge is -1.94. The number of aryl methyl sites for hydroxylation is 1. The summed E-state index contributed by atoms with van der Waals surface area (Å²) in [5.41, 5.74) is 4.04. The van der Waals surface area contributed by atoms with Crippen molar-refractivity contribution < 1.29 is 0 Å². The highest BCUT2D eigenvalue weighted by Gasteiger charge is 2.19. The quantitative estimate of drug-likeness (QED) is 0.491. The lowest BCUT2D eigenvalue weighted by atomic mass is 10.2. The van der Waals surface area contributed by atoms with Gasteiger partial charge in [0, 0.05) is 10.4 Å². The number of aromatic nitrogens is 2. The predicted molar refractivity (Wildman–Crippen MR) is 60.1 cm³/mol. The molecule has 15 heavy (non-hydrogen) atoms. The smallest absolute Gasteiger partial charge is 0.216 e. The number of hydrazine groups is 1. The van der Waals surface area contributed by atoms with Crippen molar-refractivity contribution in [2.24, 2.45) is 5.84 Å². The van der Waals surface area contributed by atoms with E-state index < -0.39 is 0 Å². The van der Waals surface area contributed by atoms with Gasteiger partial charge < -0.3 is 4.98 Å². The van der Waals surface area contributed by atoms with Crippen LogP contribution in [0.2, 0.25) is 0 Å². The van der Waals surface area contributed by atoms with Gasteiger partial charge in [0.05, 0.1) is 0 Å². The summed E-state index contributed by atoms with van der Waals surface area (Å²) in [4.78, 5) is 21.0. The molecular formula is C9H10N4OS. The number of imidazole rings is 1. The summed E-state index contributed by atoms with van der Waals surface area (Å²) in [6.45, 7) is 0. The second kappa shape index (κ2) is 3.04. The van der Waals surface area contributed by atoms with E-state index >= 15 is 0 Å². The zero-order valence-corrected chi connectivity index (χ0v) is 8.78. The minimum Gasteiger partial charge on any atom is -0.319 e. The number of rotatable bonds is 1. The van der Waals surface area contributed by atoms with E-state index in [-0.39, 0.29) is 5.43 Å². The Morgan fingerprint density at radius 2 is 2.33 bits per heavy atom. The summed E-state index contributed by atoms with van der Waals surface area (Å²) in [5, 5.41) is 0. The van der Waals surface area contributed by atoms with Crippen molar-refractivity contribution in [1.82, 2.24) is 9.97 Å². The summed E-state index contributed by atoms with van der Waals surface area (Å²) in [6.07, 6.45) is 2.98. The molecule has 0 aromatic carbocycles. The number of hydrogen-bond donors (Lipinski definition) is 3. The predicted octanol–water partition coefficient (Wildman–Crippen LogP) is 0.759. The molecule has 1 aliphatic rings. The van der Waals surface area contributed by atoms with Crippen LogP contribution in [0.1, 0.15) is 16.9 Å². The third-order valence-corrected chi connectivity index (χ3v) is 3.88. The van der Waals surface area contributed by atoms with Gasteiger partial charge in [0.25, 0.3) is 0 Å². The fourth-order valence-electron chi connectivity index (χ4n) is 1.99. The molecule has 0 bridgehead atoms. The average Bonchev–Trinajstić information content (AvgIpc) is 2.83. The normalized spacial score (nSPS) is 14.5. The number of hydrogen-bond acceptors (Lipinski definition) is 5. The van der Waals surface area contributed by atoms with Gasteiger partial charge >= 0.3 is 0 Å². The van der Waals surface area contributed by atoms with Gasteiger partial charge in [-0.05, 0) is 19.3 Å². The molecule has 0 radical (unpaired) electrons. The van der Waals surface area contributed by atoms with Crippen LogP contribution in [0.5, 0.6) is 0 Å². The van der Waals surface area contributed by atoms with Crippen LogP contribution in [0, 0.1) is 0 Å². The van der Waals surface area contributed by atoms with Gasteiger partial charge in [-0.25, -0.2) is 10.8 Å².